The monoisotopic (exact) mass is 349 g/mol. The van der Waals surface area contributed by atoms with Gasteiger partial charge >= 0.3 is 0 Å². The molecule has 4 nitrogen and oxygen atoms in total. The van der Waals surface area contributed by atoms with E-state index in [2.05, 4.69) is 22.2 Å². The van der Waals surface area contributed by atoms with E-state index >= 15 is 0 Å². The van der Waals surface area contributed by atoms with Crippen molar-refractivity contribution in [2.45, 2.75) is 19.3 Å². The lowest BCUT2D eigenvalue weighted by Crippen LogP contribution is -2.44. The molecule has 1 amide bonds. The van der Waals surface area contributed by atoms with E-state index in [0.717, 1.165) is 24.9 Å². The molecule has 1 aliphatic heterocycles. The number of hydrogen-bond acceptors (Lipinski definition) is 3. The fourth-order valence-electron chi connectivity index (χ4n) is 2.72. The molecule has 2 rings (SSSR count). The maximum atomic E-state index is 11.8. The summed E-state index contributed by atoms with van der Waals surface area (Å²) in [5, 5.41) is 3.64. The largest absolute Gasteiger partial charge is 0.353 e. The Balaban J connectivity index is 1.51. The van der Waals surface area contributed by atoms with Gasteiger partial charge in [0.05, 0.1) is 0 Å². The Bertz CT molecular complexity index is 522. The lowest BCUT2D eigenvalue weighted by Gasteiger charge is -2.32. The van der Waals surface area contributed by atoms with E-state index in [1.807, 2.05) is 24.3 Å². The first kappa shape index (κ1) is 19.0. The predicted octanol–water partition coefficient (Wildman–Crippen LogP) is 2.89. The van der Waals surface area contributed by atoms with E-state index in [4.69, 9.17) is 11.6 Å². The number of halogens is 1. The third kappa shape index (κ3) is 7.47. The Hall–Kier alpha value is -1.36. The number of carbonyl (C=O) groups is 1. The number of amides is 1. The number of piperazine rings is 1. The molecule has 0 atom stereocenters. The number of rotatable bonds is 8. The van der Waals surface area contributed by atoms with Crippen molar-refractivity contribution < 1.29 is 4.79 Å². The minimum absolute atomic E-state index is 0.0379. The average Bonchev–Trinajstić information content (AvgIpc) is 2.59. The van der Waals surface area contributed by atoms with Gasteiger partial charge in [-0.15, -0.1) is 0 Å². The average molecular weight is 350 g/mol. The summed E-state index contributed by atoms with van der Waals surface area (Å²) < 4.78 is 0. The van der Waals surface area contributed by atoms with Crippen molar-refractivity contribution in [1.29, 1.82) is 0 Å². The highest BCUT2D eigenvalue weighted by Crippen LogP contribution is 2.10. The van der Waals surface area contributed by atoms with Crippen LogP contribution in [0.25, 0.3) is 6.08 Å². The fourth-order valence-corrected chi connectivity index (χ4v) is 2.85. The molecule has 1 heterocycles. The van der Waals surface area contributed by atoms with E-state index in [-0.39, 0.29) is 5.91 Å². The lowest BCUT2D eigenvalue weighted by molar-refractivity contribution is -0.116. The maximum Gasteiger partial charge on any atom is 0.243 e. The highest BCUT2D eigenvalue weighted by Gasteiger charge is 2.12. The van der Waals surface area contributed by atoms with Crippen molar-refractivity contribution in [3.05, 3.63) is 40.9 Å². The summed E-state index contributed by atoms with van der Waals surface area (Å²) >= 11 is 5.83. The van der Waals surface area contributed by atoms with Crippen LogP contribution in [0.3, 0.4) is 0 Å². The minimum atomic E-state index is -0.0379. The van der Waals surface area contributed by atoms with Gasteiger partial charge in [-0.05, 0) is 50.2 Å². The second-order valence-electron chi connectivity index (χ2n) is 6.38. The van der Waals surface area contributed by atoms with Crippen LogP contribution in [0.15, 0.2) is 30.3 Å². The Kier molecular flexibility index (Phi) is 8.29. The van der Waals surface area contributed by atoms with Crippen molar-refractivity contribution in [3.63, 3.8) is 0 Å². The van der Waals surface area contributed by atoms with Crippen molar-refractivity contribution >= 4 is 23.6 Å². The standard InChI is InChI=1S/C19H28ClN3O/c1-22-13-15-23(16-14-22)12-4-2-3-11-21-19(24)10-7-17-5-8-18(20)9-6-17/h5-10H,2-4,11-16H2,1H3,(H,21,24)/b10-7+. The molecular formula is C19H28ClN3O. The van der Waals surface area contributed by atoms with Gasteiger partial charge in [0.25, 0.3) is 0 Å². The van der Waals surface area contributed by atoms with Gasteiger partial charge in [-0.25, -0.2) is 0 Å². The zero-order valence-corrected chi connectivity index (χ0v) is 15.3. The summed E-state index contributed by atoms with van der Waals surface area (Å²) in [7, 11) is 2.18. The smallest absolute Gasteiger partial charge is 0.243 e. The summed E-state index contributed by atoms with van der Waals surface area (Å²) in [6.45, 7) is 6.64. The van der Waals surface area contributed by atoms with Gasteiger partial charge in [0.1, 0.15) is 0 Å². The molecule has 0 unspecified atom stereocenters. The van der Waals surface area contributed by atoms with Crippen LogP contribution in [0, 0.1) is 0 Å². The number of nitrogens with one attached hydrogen (secondary N) is 1. The molecule has 1 aromatic rings. The van der Waals surface area contributed by atoms with Gasteiger partial charge in [-0.3, -0.25) is 4.79 Å². The third-order valence-corrected chi connectivity index (χ3v) is 4.60. The van der Waals surface area contributed by atoms with E-state index in [0.29, 0.717) is 5.02 Å². The number of benzene rings is 1. The zero-order chi connectivity index (χ0) is 17.2. The number of nitrogens with zero attached hydrogens (tertiary/aromatic N) is 2. The van der Waals surface area contributed by atoms with Crippen LogP contribution < -0.4 is 5.32 Å². The molecule has 132 valence electrons. The predicted molar refractivity (Wildman–Crippen MR) is 101 cm³/mol. The molecule has 0 bridgehead atoms. The normalized spacial score (nSPS) is 16.6. The molecule has 1 saturated heterocycles. The topological polar surface area (TPSA) is 35.6 Å². The van der Waals surface area contributed by atoms with Crippen LogP contribution in [0.1, 0.15) is 24.8 Å². The van der Waals surface area contributed by atoms with Gasteiger partial charge in [-0.1, -0.05) is 30.2 Å². The summed E-state index contributed by atoms with van der Waals surface area (Å²) in [4.78, 5) is 16.7. The molecule has 24 heavy (non-hydrogen) atoms. The number of hydrogen-bond donors (Lipinski definition) is 1. The fraction of sp³-hybridized carbons (Fsp3) is 0.526. The Labute approximate surface area is 150 Å². The first-order valence-electron chi connectivity index (χ1n) is 8.76. The summed E-state index contributed by atoms with van der Waals surface area (Å²) in [6, 6.07) is 7.42. The Morgan fingerprint density at radius 2 is 1.83 bits per heavy atom. The van der Waals surface area contributed by atoms with Crippen LogP contribution in [0.5, 0.6) is 0 Å². The van der Waals surface area contributed by atoms with Gasteiger partial charge in [-0.2, -0.15) is 0 Å². The van der Waals surface area contributed by atoms with Crippen LogP contribution in [-0.2, 0) is 4.79 Å². The Morgan fingerprint density at radius 1 is 1.12 bits per heavy atom. The zero-order valence-electron chi connectivity index (χ0n) is 14.5. The van der Waals surface area contributed by atoms with Crippen LogP contribution in [-0.4, -0.2) is 62.0 Å². The van der Waals surface area contributed by atoms with Gasteiger partial charge in [0.2, 0.25) is 5.91 Å². The number of likely N-dealkylation sites (N-methyl/N-ethyl adjacent to an activating group) is 1. The number of unbranched alkanes of at least 4 members (excludes halogenated alkanes) is 2. The van der Waals surface area contributed by atoms with E-state index in [1.54, 1.807) is 12.2 Å². The summed E-state index contributed by atoms with van der Waals surface area (Å²) in [6.07, 6.45) is 6.79. The summed E-state index contributed by atoms with van der Waals surface area (Å²) in [5.74, 6) is -0.0379. The maximum absolute atomic E-state index is 11.8. The first-order valence-corrected chi connectivity index (χ1v) is 9.14. The number of carbonyl (C=O) groups excluding carboxylic acids is 1. The molecular weight excluding hydrogens is 322 g/mol. The molecule has 0 saturated carbocycles. The second kappa shape index (κ2) is 10.5. The molecule has 1 aliphatic rings. The van der Waals surface area contributed by atoms with Crippen LogP contribution >= 0.6 is 11.6 Å². The molecule has 0 spiro atoms. The molecule has 1 aromatic carbocycles. The SMILES string of the molecule is CN1CCN(CCCCCNC(=O)/C=C/c2ccc(Cl)cc2)CC1. The van der Waals surface area contributed by atoms with E-state index in [1.165, 1.54) is 39.1 Å². The molecule has 5 heteroatoms. The molecule has 0 aliphatic carbocycles. The lowest BCUT2D eigenvalue weighted by atomic mass is 10.2. The molecule has 1 fully saturated rings. The third-order valence-electron chi connectivity index (χ3n) is 4.34. The minimum Gasteiger partial charge on any atom is -0.353 e. The van der Waals surface area contributed by atoms with Crippen molar-refractivity contribution in [3.8, 4) is 0 Å². The highest BCUT2D eigenvalue weighted by molar-refractivity contribution is 6.30. The quantitative estimate of drug-likeness (QED) is 0.579. The van der Waals surface area contributed by atoms with Gasteiger partial charge < -0.3 is 15.1 Å². The van der Waals surface area contributed by atoms with Gasteiger partial charge in [0.15, 0.2) is 0 Å². The second-order valence-corrected chi connectivity index (χ2v) is 6.82. The molecule has 0 radical (unpaired) electrons. The Morgan fingerprint density at radius 3 is 2.54 bits per heavy atom. The van der Waals surface area contributed by atoms with Crippen molar-refractivity contribution in [2.75, 3.05) is 46.3 Å². The molecule has 1 N–H and O–H groups in total. The summed E-state index contributed by atoms with van der Waals surface area (Å²) in [5.41, 5.74) is 0.974. The van der Waals surface area contributed by atoms with Crippen LogP contribution in [0.4, 0.5) is 0 Å². The van der Waals surface area contributed by atoms with Crippen LogP contribution in [0.2, 0.25) is 5.02 Å². The van der Waals surface area contributed by atoms with Crippen molar-refractivity contribution in [2.24, 2.45) is 0 Å². The van der Waals surface area contributed by atoms with E-state index < -0.39 is 0 Å². The highest BCUT2D eigenvalue weighted by atomic mass is 35.5. The van der Waals surface area contributed by atoms with Crippen molar-refractivity contribution in [1.82, 2.24) is 15.1 Å². The van der Waals surface area contributed by atoms with E-state index in [9.17, 15) is 4.79 Å². The van der Waals surface area contributed by atoms with Gasteiger partial charge in [0, 0.05) is 43.8 Å². The first-order chi connectivity index (χ1) is 11.6. The molecule has 0 aromatic heterocycles.